The molecule has 1 aromatic rings. The number of likely N-dealkylation sites (N-methyl/N-ethyl adjacent to an activating group) is 1. The summed E-state index contributed by atoms with van der Waals surface area (Å²) in [6, 6.07) is 7.12. The summed E-state index contributed by atoms with van der Waals surface area (Å²) in [7, 11) is 1.79. The van der Waals surface area contributed by atoms with Crippen LogP contribution in [0, 0.1) is 5.41 Å². The first-order valence-corrected chi connectivity index (χ1v) is 10.1. The third kappa shape index (κ3) is 10.0. The van der Waals surface area contributed by atoms with E-state index in [9.17, 15) is 29.1 Å². The predicted molar refractivity (Wildman–Crippen MR) is 118 cm³/mol. The van der Waals surface area contributed by atoms with Gasteiger partial charge < -0.3 is 31.7 Å². The molecular formula is C21H31N5O6. The molecule has 11 heteroatoms. The maximum Gasteiger partial charge on any atom is 0.309 e. The number of amides is 4. The molecule has 0 bridgehead atoms. The van der Waals surface area contributed by atoms with Gasteiger partial charge in [0.1, 0.15) is 0 Å². The maximum atomic E-state index is 12.0. The Morgan fingerprint density at radius 2 is 1.53 bits per heavy atom. The molecule has 1 atom stereocenters. The van der Waals surface area contributed by atoms with Crippen LogP contribution in [0.4, 0.5) is 5.69 Å². The number of carbonyl (C=O) groups is 5. The normalized spacial score (nSPS) is 11.7. The molecular weight excluding hydrogens is 418 g/mol. The first-order valence-electron chi connectivity index (χ1n) is 10.1. The van der Waals surface area contributed by atoms with Gasteiger partial charge >= 0.3 is 5.97 Å². The Morgan fingerprint density at radius 1 is 0.969 bits per heavy atom. The minimum absolute atomic E-state index is 0.0218. The molecule has 6 N–H and O–H groups in total. The lowest BCUT2D eigenvalue weighted by molar-refractivity contribution is -0.147. The minimum Gasteiger partial charge on any atom is -0.481 e. The van der Waals surface area contributed by atoms with Gasteiger partial charge in [-0.3, -0.25) is 24.0 Å². The highest BCUT2D eigenvalue weighted by Gasteiger charge is 2.30. The first kappa shape index (κ1) is 26.6. The SMILES string of the molecule is CNC(Cc1ccc(NC(=O)CNC(=O)CNC(=O)CNC=O)cc1)CC(C)(C)C(=O)O. The Labute approximate surface area is 186 Å². The van der Waals surface area contributed by atoms with Crippen LogP contribution in [0.5, 0.6) is 0 Å². The van der Waals surface area contributed by atoms with Gasteiger partial charge in [-0.15, -0.1) is 0 Å². The van der Waals surface area contributed by atoms with E-state index in [1.54, 1.807) is 33.0 Å². The lowest BCUT2D eigenvalue weighted by Gasteiger charge is -2.26. The number of carboxylic acids is 1. The van der Waals surface area contributed by atoms with Crippen molar-refractivity contribution >= 4 is 35.8 Å². The number of benzene rings is 1. The second kappa shape index (κ2) is 13.1. The van der Waals surface area contributed by atoms with Crippen molar-refractivity contribution in [1.82, 2.24) is 21.3 Å². The predicted octanol–water partition coefficient (Wildman–Crippen LogP) is -0.765. The summed E-state index contributed by atoms with van der Waals surface area (Å²) in [5.74, 6) is -2.35. The van der Waals surface area contributed by atoms with Crippen LogP contribution in [0.1, 0.15) is 25.8 Å². The summed E-state index contributed by atoms with van der Waals surface area (Å²) in [5, 5.41) is 21.9. The summed E-state index contributed by atoms with van der Waals surface area (Å²) in [6.07, 6.45) is 1.46. The van der Waals surface area contributed by atoms with Crippen LogP contribution < -0.4 is 26.6 Å². The fourth-order valence-electron chi connectivity index (χ4n) is 2.81. The van der Waals surface area contributed by atoms with Crippen LogP contribution in [0.3, 0.4) is 0 Å². The Balaban J connectivity index is 2.45. The Bertz CT molecular complexity index is 809. The van der Waals surface area contributed by atoms with Crippen LogP contribution in [0.2, 0.25) is 0 Å². The largest absolute Gasteiger partial charge is 0.481 e. The molecule has 0 aromatic heterocycles. The smallest absolute Gasteiger partial charge is 0.309 e. The number of aliphatic carboxylic acids is 1. The molecule has 176 valence electrons. The summed E-state index contributed by atoms with van der Waals surface area (Å²) >= 11 is 0. The molecule has 0 heterocycles. The van der Waals surface area contributed by atoms with Gasteiger partial charge in [-0.25, -0.2) is 0 Å². The van der Waals surface area contributed by atoms with Gasteiger partial charge in [-0.05, 0) is 51.4 Å². The van der Waals surface area contributed by atoms with Crippen molar-refractivity contribution < 1.29 is 29.1 Å². The van der Waals surface area contributed by atoms with Crippen molar-refractivity contribution in [3.8, 4) is 0 Å². The summed E-state index contributed by atoms with van der Waals surface area (Å²) in [4.78, 5) is 56.4. The van der Waals surface area contributed by atoms with E-state index < -0.39 is 29.1 Å². The second-order valence-electron chi connectivity index (χ2n) is 7.88. The van der Waals surface area contributed by atoms with Gasteiger partial charge in [0.15, 0.2) is 0 Å². The molecule has 0 saturated heterocycles. The fourth-order valence-corrected chi connectivity index (χ4v) is 2.81. The van der Waals surface area contributed by atoms with Crippen molar-refractivity contribution in [2.24, 2.45) is 5.41 Å². The molecule has 1 rings (SSSR count). The van der Waals surface area contributed by atoms with Crippen LogP contribution in [-0.4, -0.2) is 67.9 Å². The van der Waals surface area contributed by atoms with E-state index in [-0.39, 0.29) is 25.7 Å². The van der Waals surface area contributed by atoms with E-state index in [2.05, 4.69) is 26.6 Å². The number of hydrogen-bond donors (Lipinski definition) is 6. The molecule has 0 aliphatic carbocycles. The number of carbonyl (C=O) groups excluding carboxylic acids is 4. The third-order valence-electron chi connectivity index (χ3n) is 4.70. The number of hydrogen-bond acceptors (Lipinski definition) is 6. The number of carboxylic acid groups (broad SMARTS) is 1. The van der Waals surface area contributed by atoms with Gasteiger partial charge in [0.05, 0.1) is 25.0 Å². The summed E-state index contributed by atoms with van der Waals surface area (Å²) in [5.41, 5.74) is 0.686. The minimum atomic E-state index is -0.847. The number of rotatable bonds is 14. The van der Waals surface area contributed by atoms with Crippen LogP contribution in [-0.2, 0) is 30.4 Å². The molecule has 0 aliphatic heterocycles. The average molecular weight is 450 g/mol. The van der Waals surface area contributed by atoms with Crippen molar-refractivity contribution in [1.29, 1.82) is 0 Å². The van der Waals surface area contributed by atoms with E-state index in [0.717, 1.165) is 5.56 Å². The number of anilines is 1. The Hall–Kier alpha value is -3.47. The van der Waals surface area contributed by atoms with E-state index >= 15 is 0 Å². The van der Waals surface area contributed by atoms with Crippen LogP contribution in [0.25, 0.3) is 0 Å². The molecule has 1 unspecified atom stereocenters. The van der Waals surface area contributed by atoms with Crippen molar-refractivity contribution in [3.63, 3.8) is 0 Å². The second-order valence-corrected chi connectivity index (χ2v) is 7.88. The molecule has 32 heavy (non-hydrogen) atoms. The molecule has 1 aromatic carbocycles. The zero-order valence-corrected chi connectivity index (χ0v) is 18.5. The van der Waals surface area contributed by atoms with Gasteiger partial charge in [0.25, 0.3) is 0 Å². The van der Waals surface area contributed by atoms with E-state index in [1.807, 2.05) is 12.1 Å². The lowest BCUT2D eigenvalue weighted by Crippen LogP contribution is -2.42. The molecule has 0 spiro atoms. The zero-order valence-electron chi connectivity index (χ0n) is 18.5. The van der Waals surface area contributed by atoms with E-state index in [0.29, 0.717) is 24.9 Å². The molecule has 11 nitrogen and oxygen atoms in total. The molecule has 0 saturated carbocycles. The van der Waals surface area contributed by atoms with E-state index in [1.165, 1.54) is 0 Å². The fraction of sp³-hybridized carbons (Fsp3) is 0.476. The van der Waals surface area contributed by atoms with Crippen molar-refractivity contribution in [2.75, 3.05) is 32.0 Å². The van der Waals surface area contributed by atoms with E-state index in [4.69, 9.17) is 0 Å². The highest BCUT2D eigenvalue weighted by molar-refractivity contribution is 5.95. The Morgan fingerprint density at radius 3 is 2.06 bits per heavy atom. The van der Waals surface area contributed by atoms with Crippen molar-refractivity contribution in [3.05, 3.63) is 29.8 Å². The molecule has 0 radical (unpaired) electrons. The highest BCUT2D eigenvalue weighted by atomic mass is 16.4. The lowest BCUT2D eigenvalue weighted by atomic mass is 9.84. The van der Waals surface area contributed by atoms with Gasteiger partial charge in [-0.2, -0.15) is 0 Å². The van der Waals surface area contributed by atoms with Gasteiger partial charge in [-0.1, -0.05) is 12.1 Å². The quantitative estimate of drug-likeness (QED) is 0.203. The molecule has 0 fully saturated rings. The van der Waals surface area contributed by atoms with Crippen molar-refractivity contribution in [2.45, 2.75) is 32.7 Å². The maximum absolute atomic E-state index is 12.0. The standard InChI is InChI=1S/C21H31N5O6/c1-21(2,20(31)32)9-16(22-3)8-14-4-6-15(7-5-14)26-19(30)12-25-18(29)11-24-17(28)10-23-13-27/h4-7,13,16,22H,8-12H2,1-3H3,(H,23,27)(H,24,28)(H,25,29)(H,26,30)(H,31,32). The van der Waals surface area contributed by atoms with Crippen LogP contribution in [0.15, 0.2) is 24.3 Å². The number of nitrogens with one attached hydrogen (secondary N) is 5. The highest BCUT2D eigenvalue weighted by Crippen LogP contribution is 2.24. The van der Waals surface area contributed by atoms with Crippen LogP contribution >= 0.6 is 0 Å². The average Bonchev–Trinajstić information content (AvgIpc) is 2.75. The molecule has 4 amide bonds. The zero-order chi connectivity index (χ0) is 24.1. The first-order chi connectivity index (χ1) is 15.1. The third-order valence-corrected chi connectivity index (χ3v) is 4.70. The summed E-state index contributed by atoms with van der Waals surface area (Å²) in [6.45, 7) is 2.56. The van der Waals surface area contributed by atoms with Gasteiger partial charge in [0, 0.05) is 11.7 Å². The van der Waals surface area contributed by atoms with Gasteiger partial charge in [0.2, 0.25) is 24.1 Å². The monoisotopic (exact) mass is 449 g/mol. The Kier molecular flexibility index (Phi) is 10.8. The summed E-state index contributed by atoms with van der Waals surface area (Å²) < 4.78 is 0. The molecule has 0 aliphatic rings. The topological polar surface area (TPSA) is 166 Å².